The summed E-state index contributed by atoms with van der Waals surface area (Å²) in [6, 6.07) is 4.58. The minimum absolute atomic E-state index is 0.0800. The van der Waals surface area contributed by atoms with E-state index in [4.69, 9.17) is 0 Å². The highest BCUT2D eigenvalue weighted by atomic mass is 19.1. The number of hydrogen-bond acceptors (Lipinski definition) is 3. The number of nitrogens with one attached hydrogen (secondary N) is 2. The van der Waals surface area contributed by atoms with Gasteiger partial charge in [0, 0.05) is 29.9 Å². The maximum absolute atomic E-state index is 13.1. The van der Waals surface area contributed by atoms with Gasteiger partial charge < -0.3 is 10.4 Å². The minimum Gasteiger partial charge on any atom is -0.505 e. The van der Waals surface area contributed by atoms with Crippen molar-refractivity contribution in [1.29, 1.82) is 0 Å². The molecule has 1 unspecified atom stereocenters. The first-order chi connectivity index (χ1) is 8.18. The van der Waals surface area contributed by atoms with Gasteiger partial charge in [-0.25, -0.2) is 4.39 Å². The Morgan fingerprint density at radius 3 is 3.06 bits per heavy atom. The van der Waals surface area contributed by atoms with Gasteiger partial charge >= 0.3 is 0 Å². The zero-order valence-corrected chi connectivity index (χ0v) is 9.44. The third-order valence-electron chi connectivity index (χ3n) is 2.69. The molecule has 1 heterocycles. The van der Waals surface area contributed by atoms with Crippen molar-refractivity contribution in [2.45, 2.75) is 19.5 Å². The molecule has 1 aromatic heterocycles. The zero-order chi connectivity index (χ0) is 12.3. The molecule has 4 nitrogen and oxygen atoms in total. The predicted molar refractivity (Wildman–Crippen MR) is 61.9 cm³/mol. The molecule has 3 N–H and O–H groups in total. The molecule has 2 aromatic rings. The summed E-state index contributed by atoms with van der Waals surface area (Å²) >= 11 is 0. The van der Waals surface area contributed by atoms with Crippen molar-refractivity contribution in [3.63, 3.8) is 0 Å². The maximum atomic E-state index is 13.1. The number of aromatic nitrogens is 2. The Morgan fingerprint density at radius 1 is 1.53 bits per heavy atom. The second-order valence-electron chi connectivity index (χ2n) is 3.88. The minimum atomic E-state index is -0.597. The van der Waals surface area contributed by atoms with Crippen LogP contribution in [0.15, 0.2) is 30.6 Å². The van der Waals surface area contributed by atoms with E-state index in [1.165, 1.54) is 6.07 Å². The highest BCUT2D eigenvalue weighted by Gasteiger charge is 2.09. The number of hydrogen-bond donors (Lipinski definition) is 3. The quantitative estimate of drug-likeness (QED) is 0.760. The van der Waals surface area contributed by atoms with Crippen LogP contribution in [-0.2, 0) is 6.54 Å². The number of H-pyrrole nitrogens is 1. The normalized spacial score (nSPS) is 12.6. The summed E-state index contributed by atoms with van der Waals surface area (Å²) in [5.74, 6) is -0.889. The molecule has 1 aromatic carbocycles. The van der Waals surface area contributed by atoms with Gasteiger partial charge in [-0.15, -0.1) is 0 Å². The van der Waals surface area contributed by atoms with E-state index in [1.807, 2.05) is 6.92 Å². The molecular formula is C12H14FN3O. The van der Waals surface area contributed by atoms with Crippen molar-refractivity contribution >= 4 is 0 Å². The van der Waals surface area contributed by atoms with Crippen LogP contribution < -0.4 is 5.32 Å². The molecule has 0 fully saturated rings. The molecule has 0 bridgehead atoms. The van der Waals surface area contributed by atoms with Crippen LogP contribution in [0.3, 0.4) is 0 Å². The molecule has 0 saturated carbocycles. The van der Waals surface area contributed by atoms with Crippen LogP contribution in [0.2, 0.25) is 0 Å². The zero-order valence-electron chi connectivity index (χ0n) is 9.44. The van der Waals surface area contributed by atoms with Crippen molar-refractivity contribution in [3.05, 3.63) is 47.5 Å². The topological polar surface area (TPSA) is 60.9 Å². The van der Waals surface area contributed by atoms with Gasteiger partial charge in [-0.05, 0) is 13.0 Å². The predicted octanol–water partition coefficient (Wildman–Crippen LogP) is 2.11. The molecule has 0 aliphatic heterocycles. The molecule has 0 saturated heterocycles. The van der Waals surface area contributed by atoms with Gasteiger partial charge in [0.05, 0.1) is 6.20 Å². The fraction of sp³-hybridized carbons (Fsp3) is 0.250. The molecule has 2 rings (SSSR count). The van der Waals surface area contributed by atoms with Gasteiger partial charge in [0.25, 0.3) is 0 Å². The average molecular weight is 235 g/mol. The van der Waals surface area contributed by atoms with Gasteiger partial charge in [0.2, 0.25) is 0 Å². The van der Waals surface area contributed by atoms with E-state index in [1.54, 1.807) is 24.5 Å². The van der Waals surface area contributed by atoms with Gasteiger partial charge in [0.1, 0.15) is 0 Å². The molecule has 0 aliphatic carbocycles. The Labute approximate surface area is 98.5 Å². The van der Waals surface area contributed by atoms with Gasteiger partial charge in [-0.1, -0.05) is 12.1 Å². The van der Waals surface area contributed by atoms with Crippen LogP contribution >= 0.6 is 0 Å². The van der Waals surface area contributed by atoms with E-state index in [-0.39, 0.29) is 11.8 Å². The van der Waals surface area contributed by atoms with Crippen LogP contribution in [-0.4, -0.2) is 15.3 Å². The summed E-state index contributed by atoms with van der Waals surface area (Å²) < 4.78 is 13.1. The number of rotatable bonds is 4. The molecule has 5 heteroatoms. The molecule has 0 aliphatic rings. The second kappa shape index (κ2) is 4.97. The first-order valence-electron chi connectivity index (χ1n) is 5.37. The lowest BCUT2D eigenvalue weighted by Crippen LogP contribution is -2.17. The Morgan fingerprint density at radius 2 is 2.35 bits per heavy atom. The lowest BCUT2D eigenvalue weighted by atomic mass is 10.1. The number of halogens is 1. The molecular weight excluding hydrogens is 221 g/mol. The monoisotopic (exact) mass is 235 g/mol. The van der Waals surface area contributed by atoms with Crippen molar-refractivity contribution in [2.75, 3.05) is 0 Å². The van der Waals surface area contributed by atoms with Crippen molar-refractivity contribution in [3.8, 4) is 5.75 Å². The molecule has 1 atom stereocenters. The Balaban J connectivity index is 2.00. The van der Waals surface area contributed by atoms with E-state index in [9.17, 15) is 9.50 Å². The lowest BCUT2D eigenvalue weighted by Gasteiger charge is -2.12. The van der Waals surface area contributed by atoms with E-state index >= 15 is 0 Å². The van der Waals surface area contributed by atoms with Gasteiger partial charge in [-0.2, -0.15) is 5.10 Å². The highest BCUT2D eigenvalue weighted by Crippen LogP contribution is 2.21. The van der Waals surface area contributed by atoms with Crippen LogP contribution in [0.1, 0.15) is 24.1 Å². The summed E-state index contributed by atoms with van der Waals surface area (Å²) in [5, 5.41) is 19.3. The summed E-state index contributed by atoms with van der Waals surface area (Å²) in [4.78, 5) is 0. The Hall–Kier alpha value is -1.88. The molecule has 0 spiro atoms. The van der Waals surface area contributed by atoms with Crippen molar-refractivity contribution in [2.24, 2.45) is 0 Å². The smallest absolute Gasteiger partial charge is 0.165 e. The summed E-state index contributed by atoms with van der Waals surface area (Å²) in [6.45, 7) is 2.37. The van der Waals surface area contributed by atoms with Crippen LogP contribution in [0.5, 0.6) is 5.75 Å². The number of aromatic amines is 1. The molecule has 0 amide bonds. The summed E-state index contributed by atoms with van der Waals surface area (Å²) in [6.07, 6.45) is 3.52. The molecule has 90 valence electrons. The number of para-hydroxylation sites is 1. The maximum Gasteiger partial charge on any atom is 0.165 e. The Bertz CT molecular complexity index is 485. The van der Waals surface area contributed by atoms with E-state index in [2.05, 4.69) is 15.5 Å². The fourth-order valence-electron chi connectivity index (χ4n) is 1.58. The number of phenols is 1. The number of nitrogens with zero attached hydrogens (tertiary/aromatic N) is 1. The van der Waals surface area contributed by atoms with E-state index in [0.29, 0.717) is 12.1 Å². The standard InChI is InChI=1S/C12H14FN3O/c1-8(10-6-15-16-7-10)14-5-9-3-2-4-11(13)12(9)17/h2-4,6-8,14,17H,5H2,1H3,(H,15,16). The third kappa shape index (κ3) is 2.62. The Kier molecular flexibility index (Phi) is 3.39. The number of aromatic hydroxyl groups is 1. The average Bonchev–Trinajstić information content (AvgIpc) is 2.84. The molecule has 17 heavy (non-hydrogen) atoms. The van der Waals surface area contributed by atoms with Crippen LogP contribution in [0.25, 0.3) is 0 Å². The van der Waals surface area contributed by atoms with E-state index in [0.717, 1.165) is 5.56 Å². The van der Waals surface area contributed by atoms with Crippen molar-refractivity contribution < 1.29 is 9.50 Å². The van der Waals surface area contributed by atoms with Gasteiger partial charge in [0.15, 0.2) is 11.6 Å². The second-order valence-corrected chi connectivity index (χ2v) is 3.88. The first-order valence-corrected chi connectivity index (χ1v) is 5.37. The van der Waals surface area contributed by atoms with Crippen LogP contribution in [0, 0.1) is 5.82 Å². The molecule has 0 radical (unpaired) electrons. The number of benzene rings is 1. The summed E-state index contributed by atoms with van der Waals surface area (Å²) in [7, 11) is 0. The summed E-state index contributed by atoms with van der Waals surface area (Å²) in [5.41, 5.74) is 1.56. The van der Waals surface area contributed by atoms with E-state index < -0.39 is 5.82 Å². The SMILES string of the molecule is CC(NCc1cccc(F)c1O)c1cn[nH]c1. The highest BCUT2D eigenvalue weighted by molar-refractivity contribution is 5.33. The lowest BCUT2D eigenvalue weighted by molar-refractivity contribution is 0.421. The first kappa shape index (κ1) is 11.6. The third-order valence-corrected chi connectivity index (χ3v) is 2.69. The largest absolute Gasteiger partial charge is 0.505 e. The van der Waals surface area contributed by atoms with Crippen LogP contribution in [0.4, 0.5) is 4.39 Å². The van der Waals surface area contributed by atoms with Gasteiger partial charge in [-0.3, -0.25) is 5.10 Å². The fourth-order valence-corrected chi connectivity index (χ4v) is 1.58. The number of phenolic OH excluding ortho intramolecular Hbond substituents is 1. The van der Waals surface area contributed by atoms with Crippen molar-refractivity contribution in [1.82, 2.24) is 15.5 Å².